The molecule has 3 nitrogen and oxygen atoms in total. The third-order valence-electron chi connectivity index (χ3n) is 5.58. The van der Waals surface area contributed by atoms with E-state index in [4.69, 9.17) is 0 Å². The van der Waals surface area contributed by atoms with Gasteiger partial charge >= 0.3 is 0 Å². The summed E-state index contributed by atoms with van der Waals surface area (Å²) in [7, 11) is 0. The van der Waals surface area contributed by atoms with Crippen LogP contribution in [0.1, 0.15) is 46.5 Å². The Morgan fingerprint density at radius 1 is 1.21 bits per heavy atom. The van der Waals surface area contributed by atoms with Gasteiger partial charge in [-0.1, -0.05) is 20.8 Å². The van der Waals surface area contributed by atoms with E-state index in [2.05, 4.69) is 25.7 Å². The normalized spacial score (nSPS) is 41.1. The van der Waals surface area contributed by atoms with E-state index in [0.29, 0.717) is 17.9 Å². The molecule has 0 spiro atoms. The summed E-state index contributed by atoms with van der Waals surface area (Å²) in [6.45, 7) is 9.15. The topological polar surface area (TPSA) is 43.7 Å². The van der Waals surface area contributed by atoms with Gasteiger partial charge < -0.3 is 10.2 Å². The molecule has 2 rings (SSSR count). The maximum atomic E-state index is 10.3. The van der Waals surface area contributed by atoms with Gasteiger partial charge in [-0.2, -0.15) is 0 Å². The van der Waals surface area contributed by atoms with Gasteiger partial charge in [0.05, 0.1) is 12.7 Å². The molecule has 2 aliphatic rings. The van der Waals surface area contributed by atoms with Crippen LogP contribution in [0.2, 0.25) is 0 Å². The molecule has 1 aliphatic heterocycles. The summed E-state index contributed by atoms with van der Waals surface area (Å²) in [4.78, 5) is 2.42. The van der Waals surface area contributed by atoms with Crippen molar-refractivity contribution in [2.45, 2.75) is 58.6 Å². The van der Waals surface area contributed by atoms with Gasteiger partial charge in [0, 0.05) is 12.6 Å². The van der Waals surface area contributed by atoms with Gasteiger partial charge in [0.25, 0.3) is 0 Å². The summed E-state index contributed by atoms with van der Waals surface area (Å²) in [5.74, 6) is 2.48. The van der Waals surface area contributed by atoms with Gasteiger partial charge in [0.2, 0.25) is 0 Å². The van der Waals surface area contributed by atoms with Crippen LogP contribution >= 0.6 is 0 Å². The molecule has 0 bridgehead atoms. The lowest BCUT2D eigenvalue weighted by Crippen LogP contribution is -2.43. The minimum atomic E-state index is -0.134. The number of aliphatic hydroxyl groups is 2. The molecule has 112 valence electrons. The number of hydrogen-bond acceptors (Lipinski definition) is 3. The molecule has 1 heterocycles. The van der Waals surface area contributed by atoms with Crippen molar-refractivity contribution in [2.24, 2.45) is 23.7 Å². The van der Waals surface area contributed by atoms with Crippen LogP contribution in [0.5, 0.6) is 0 Å². The van der Waals surface area contributed by atoms with Crippen LogP contribution in [0, 0.1) is 23.7 Å². The molecule has 5 atom stereocenters. The Morgan fingerprint density at radius 3 is 2.58 bits per heavy atom. The lowest BCUT2D eigenvalue weighted by molar-refractivity contribution is 0.00994. The van der Waals surface area contributed by atoms with Crippen molar-refractivity contribution in [3.63, 3.8) is 0 Å². The molecule has 3 heteroatoms. The molecule has 0 aromatic carbocycles. The molecular weight excluding hydrogens is 238 g/mol. The molecule has 1 saturated heterocycles. The van der Waals surface area contributed by atoms with Gasteiger partial charge in [-0.15, -0.1) is 0 Å². The Labute approximate surface area is 118 Å². The summed E-state index contributed by atoms with van der Waals surface area (Å²) >= 11 is 0. The lowest BCUT2D eigenvalue weighted by Gasteiger charge is -2.38. The smallest absolute Gasteiger partial charge is 0.0589 e. The fraction of sp³-hybridized carbons (Fsp3) is 1.00. The van der Waals surface area contributed by atoms with Crippen molar-refractivity contribution in [3.8, 4) is 0 Å². The SMILES string of the molecule is CC(C)C1CCC(O)C(CN2CCC(C)C2CO)C1. The van der Waals surface area contributed by atoms with Crippen molar-refractivity contribution < 1.29 is 10.2 Å². The molecule has 1 saturated carbocycles. The first-order valence-electron chi connectivity index (χ1n) is 8.05. The highest BCUT2D eigenvalue weighted by atomic mass is 16.3. The number of aliphatic hydroxyl groups excluding tert-OH is 2. The first kappa shape index (κ1) is 15.3. The monoisotopic (exact) mass is 269 g/mol. The number of likely N-dealkylation sites (tertiary alicyclic amines) is 1. The average Bonchev–Trinajstić information content (AvgIpc) is 2.72. The Kier molecular flexibility index (Phi) is 5.27. The van der Waals surface area contributed by atoms with Gasteiger partial charge in [-0.05, 0) is 55.9 Å². The van der Waals surface area contributed by atoms with E-state index in [1.54, 1.807) is 0 Å². The predicted octanol–water partition coefficient (Wildman–Crippen LogP) is 2.12. The van der Waals surface area contributed by atoms with Crippen LogP contribution in [0.4, 0.5) is 0 Å². The minimum absolute atomic E-state index is 0.134. The predicted molar refractivity (Wildman–Crippen MR) is 77.9 cm³/mol. The van der Waals surface area contributed by atoms with Crippen LogP contribution < -0.4 is 0 Å². The Balaban J connectivity index is 1.93. The van der Waals surface area contributed by atoms with Crippen LogP contribution in [-0.2, 0) is 0 Å². The summed E-state index contributed by atoms with van der Waals surface area (Å²) in [5.41, 5.74) is 0. The fourth-order valence-corrected chi connectivity index (χ4v) is 4.00. The third-order valence-corrected chi connectivity index (χ3v) is 5.58. The Hall–Kier alpha value is -0.120. The maximum Gasteiger partial charge on any atom is 0.0589 e. The minimum Gasteiger partial charge on any atom is -0.395 e. The Bertz CT molecular complexity index is 282. The van der Waals surface area contributed by atoms with E-state index in [9.17, 15) is 10.2 Å². The molecular formula is C16H31NO2. The number of nitrogens with zero attached hydrogens (tertiary/aromatic N) is 1. The zero-order valence-corrected chi connectivity index (χ0v) is 12.8. The van der Waals surface area contributed by atoms with E-state index in [-0.39, 0.29) is 12.7 Å². The molecule has 1 aliphatic carbocycles. The van der Waals surface area contributed by atoms with Crippen LogP contribution in [0.25, 0.3) is 0 Å². The van der Waals surface area contributed by atoms with Crippen molar-refractivity contribution in [3.05, 3.63) is 0 Å². The summed E-state index contributed by atoms with van der Waals surface area (Å²) in [6.07, 6.45) is 4.34. The van der Waals surface area contributed by atoms with E-state index < -0.39 is 0 Å². The van der Waals surface area contributed by atoms with Gasteiger partial charge in [-0.3, -0.25) is 4.90 Å². The van der Waals surface area contributed by atoms with E-state index >= 15 is 0 Å². The van der Waals surface area contributed by atoms with Gasteiger partial charge in [0.15, 0.2) is 0 Å². The van der Waals surface area contributed by atoms with Crippen molar-refractivity contribution >= 4 is 0 Å². The van der Waals surface area contributed by atoms with Crippen LogP contribution in [0.3, 0.4) is 0 Å². The fourth-order valence-electron chi connectivity index (χ4n) is 4.00. The first-order valence-corrected chi connectivity index (χ1v) is 8.05. The lowest BCUT2D eigenvalue weighted by atomic mass is 9.74. The zero-order chi connectivity index (χ0) is 14.0. The van der Waals surface area contributed by atoms with Gasteiger partial charge in [0.1, 0.15) is 0 Å². The molecule has 0 aromatic heterocycles. The average molecular weight is 269 g/mol. The molecule has 2 fully saturated rings. The third kappa shape index (κ3) is 3.50. The first-order chi connectivity index (χ1) is 9.02. The summed E-state index contributed by atoms with van der Waals surface area (Å²) in [6, 6.07) is 0.312. The largest absolute Gasteiger partial charge is 0.395 e. The standard InChI is InChI=1S/C16H31NO2/c1-11(2)13-4-5-16(19)14(8-13)9-17-7-6-12(3)15(17)10-18/h11-16,18-19H,4-10H2,1-3H3. The molecule has 0 amide bonds. The highest BCUT2D eigenvalue weighted by molar-refractivity contribution is 4.89. The molecule has 0 aromatic rings. The highest BCUT2D eigenvalue weighted by Crippen LogP contribution is 2.36. The molecule has 5 unspecified atom stereocenters. The van der Waals surface area contributed by atoms with E-state index in [0.717, 1.165) is 37.8 Å². The van der Waals surface area contributed by atoms with Crippen molar-refractivity contribution in [2.75, 3.05) is 19.7 Å². The molecule has 2 N–H and O–H groups in total. The van der Waals surface area contributed by atoms with Crippen LogP contribution in [0.15, 0.2) is 0 Å². The number of hydrogen-bond donors (Lipinski definition) is 2. The molecule has 19 heavy (non-hydrogen) atoms. The summed E-state index contributed by atoms with van der Waals surface area (Å²) in [5, 5.41) is 19.8. The second kappa shape index (κ2) is 6.55. The maximum absolute atomic E-state index is 10.3. The molecule has 0 radical (unpaired) electrons. The van der Waals surface area contributed by atoms with Gasteiger partial charge in [-0.25, -0.2) is 0 Å². The summed E-state index contributed by atoms with van der Waals surface area (Å²) < 4.78 is 0. The van der Waals surface area contributed by atoms with E-state index in [1.807, 2.05) is 0 Å². The Morgan fingerprint density at radius 2 is 1.95 bits per heavy atom. The van der Waals surface area contributed by atoms with Crippen molar-refractivity contribution in [1.29, 1.82) is 0 Å². The van der Waals surface area contributed by atoms with Crippen LogP contribution in [-0.4, -0.2) is 47.0 Å². The van der Waals surface area contributed by atoms with Crippen molar-refractivity contribution in [1.82, 2.24) is 4.90 Å². The number of rotatable bonds is 4. The highest BCUT2D eigenvalue weighted by Gasteiger charge is 2.36. The second-order valence-corrected chi connectivity index (χ2v) is 7.16. The van der Waals surface area contributed by atoms with E-state index in [1.165, 1.54) is 12.8 Å². The zero-order valence-electron chi connectivity index (χ0n) is 12.8. The second-order valence-electron chi connectivity index (χ2n) is 7.16. The quantitative estimate of drug-likeness (QED) is 0.821.